The Kier molecular flexibility index (Phi) is 6.37. The van der Waals surface area contributed by atoms with Crippen LogP contribution in [-0.2, 0) is 0 Å². The number of benzene rings is 1. The van der Waals surface area contributed by atoms with Crippen LogP contribution in [0.5, 0.6) is 0 Å². The van der Waals surface area contributed by atoms with Crippen LogP contribution in [0.1, 0.15) is 12.8 Å². The van der Waals surface area contributed by atoms with Crippen molar-refractivity contribution >= 4 is 17.4 Å². The van der Waals surface area contributed by atoms with Gasteiger partial charge in [0.15, 0.2) is 0 Å². The van der Waals surface area contributed by atoms with Crippen molar-refractivity contribution < 1.29 is 4.39 Å². The second kappa shape index (κ2) is 7.56. The third-order valence-corrected chi connectivity index (χ3v) is 3.64. The smallest absolute Gasteiger partial charge is 0.123 e. The molecule has 2 nitrogen and oxygen atoms in total. The molecule has 96 valence electrons. The first-order valence-electron chi connectivity index (χ1n) is 5.86. The lowest BCUT2D eigenvalue weighted by atomic mass is 10.1. The van der Waals surface area contributed by atoms with Gasteiger partial charge in [0, 0.05) is 25.3 Å². The standard InChI is InChI=1S/C13H21FN2S/c1-16(12-7-5-11(14)6-8-12)13(10-15)4-3-9-17-2/h5-8,13H,3-4,9-10,15H2,1-2H3. The monoisotopic (exact) mass is 256 g/mol. The van der Waals surface area contributed by atoms with E-state index in [9.17, 15) is 4.39 Å². The summed E-state index contributed by atoms with van der Waals surface area (Å²) in [5, 5.41) is 0. The zero-order valence-electron chi connectivity index (χ0n) is 10.5. The van der Waals surface area contributed by atoms with Crippen molar-refractivity contribution in [2.24, 2.45) is 5.73 Å². The van der Waals surface area contributed by atoms with E-state index in [1.807, 2.05) is 18.8 Å². The Morgan fingerprint density at radius 1 is 1.35 bits per heavy atom. The van der Waals surface area contributed by atoms with Gasteiger partial charge in [-0.15, -0.1) is 0 Å². The Hall–Kier alpha value is -0.740. The molecule has 0 bridgehead atoms. The number of likely N-dealkylation sites (N-methyl/N-ethyl adjacent to an activating group) is 1. The first-order valence-corrected chi connectivity index (χ1v) is 7.25. The lowest BCUT2D eigenvalue weighted by Gasteiger charge is -2.29. The van der Waals surface area contributed by atoms with Gasteiger partial charge in [-0.25, -0.2) is 4.39 Å². The summed E-state index contributed by atoms with van der Waals surface area (Å²) in [6.45, 7) is 0.627. The molecule has 0 fully saturated rings. The average molecular weight is 256 g/mol. The van der Waals surface area contributed by atoms with Gasteiger partial charge in [-0.05, 0) is 49.1 Å². The summed E-state index contributed by atoms with van der Waals surface area (Å²) in [4.78, 5) is 2.14. The average Bonchev–Trinajstić information content (AvgIpc) is 2.35. The van der Waals surface area contributed by atoms with Crippen LogP contribution in [0.25, 0.3) is 0 Å². The third-order valence-electron chi connectivity index (χ3n) is 2.94. The number of halogens is 1. The molecule has 0 aliphatic carbocycles. The fraction of sp³-hybridized carbons (Fsp3) is 0.538. The van der Waals surface area contributed by atoms with Gasteiger partial charge >= 0.3 is 0 Å². The van der Waals surface area contributed by atoms with E-state index < -0.39 is 0 Å². The summed E-state index contributed by atoms with van der Waals surface area (Å²) in [7, 11) is 2.02. The summed E-state index contributed by atoms with van der Waals surface area (Å²) >= 11 is 1.85. The highest BCUT2D eigenvalue weighted by molar-refractivity contribution is 7.98. The summed E-state index contributed by atoms with van der Waals surface area (Å²) < 4.78 is 12.8. The Morgan fingerprint density at radius 2 is 2.00 bits per heavy atom. The Labute approximate surface area is 107 Å². The van der Waals surface area contributed by atoms with Crippen molar-refractivity contribution in [1.29, 1.82) is 0 Å². The Balaban J connectivity index is 2.58. The zero-order valence-corrected chi connectivity index (χ0v) is 11.3. The predicted molar refractivity (Wildman–Crippen MR) is 75.3 cm³/mol. The van der Waals surface area contributed by atoms with Crippen LogP contribution in [0.15, 0.2) is 24.3 Å². The molecular formula is C13H21FN2S. The lowest BCUT2D eigenvalue weighted by molar-refractivity contribution is 0.581. The van der Waals surface area contributed by atoms with Crippen molar-refractivity contribution in [3.05, 3.63) is 30.1 Å². The molecule has 1 aromatic rings. The fourth-order valence-electron chi connectivity index (χ4n) is 1.82. The molecule has 1 unspecified atom stereocenters. The normalized spacial score (nSPS) is 12.5. The quantitative estimate of drug-likeness (QED) is 0.761. The number of thioether (sulfide) groups is 1. The minimum Gasteiger partial charge on any atom is -0.370 e. The molecule has 0 spiro atoms. The molecule has 0 radical (unpaired) electrons. The van der Waals surface area contributed by atoms with Crippen molar-refractivity contribution in [1.82, 2.24) is 0 Å². The molecule has 0 aromatic heterocycles. The predicted octanol–water partition coefficient (Wildman–Crippen LogP) is 2.73. The van der Waals surface area contributed by atoms with E-state index in [0.717, 1.165) is 24.3 Å². The summed E-state index contributed by atoms with van der Waals surface area (Å²) in [6, 6.07) is 6.90. The van der Waals surface area contributed by atoms with E-state index in [-0.39, 0.29) is 5.82 Å². The van der Waals surface area contributed by atoms with Crippen LogP contribution in [0.4, 0.5) is 10.1 Å². The van der Waals surface area contributed by atoms with E-state index in [1.165, 1.54) is 12.1 Å². The maximum absolute atomic E-state index is 12.8. The third kappa shape index (κ3) is 4.56. The maximum Gasteiger partial charge on any atom is 0.123 e. The van der Waals surface area contributed by atoms with Crippen LogP contribution in [0.2, 0.25) is 0 Å². The molecule has 1 aromatic carbocycles. The number of hydrogen-bond acceptors (Lipinski definition) is 3. The van der Waals surface area contributed by atoms with Crippen LogP contribution >= 0.6 is 11.8 Å². The van der Waals surface area contributed by atoms with Crippen molar-refractivity contribution in [3.8, 4) is 0 Å². The van der Waals surface area contributed by atoms with Crippen LogP contribution in [0.3, 0.4) is 0 Å². The molecule has 1 rings (SSSR count). The fourth-order valence-corrected chi connectivity index (χ4v) is 2.28. The van der Waals surface area contributed by atoms with Gasteiger partial charge in [-0.2, -0.15) is 11.8 Å². The van der Waals surface area contributed by atoms with E-state index in [2.05, 4.69) is 11.2 Å². The molecular weight excluding hydrogens is 235 g/mol. The van der Waals surface area contributed by atoms with Gasteiger partial charge in [0.1, 0.15) is 5.82 Å². The molecule has 0 saturated carbocycles. The molecule has 0 saturated heterocycles. The number of rotatable bonds is 7. The molecule has 0 amide bonds. The molecule has 0 heterocycles. The highest BCUT2D eigenvalue weighted by atomic mass is 32.2. The van der Waals surface area contributed by atoms with Gasteiger partial charge in [0.25, 0.3) is 0 Å². The zero-order chi connectivity index (χ0) is 12.7. The van der Waals surface area contributed by atoms with Gasteiger partial charge in [0.05, 0.1) is 0 Å². The molecule has 0 aliphatic heterocycles. The number of anilines is 1. The van der Waals surface area contributed by atoms with E-state index >= 15 is 0 Å². The molecule has 17 heavy (non-hydrogen) atoms. The van der Waals surface area contributed by atoms with Crippen LogP contribution < -0.4 is 10.6 Å². The Bertz CT molecular complexity index is 316. The largest absolute Gasteiger partial charge is 0.370 e. The number of nitrogens with two attached hydrogens (primary N) is 1. The SMILES string of the molecule is CSCCCC(CN)N(C)c1ccc(F)cc1. The number of hydrogen-bond donors (Lipinski definition) is 1. The van der Waals surface area contributed by atoms with Crippen LogP contribution in [0, 0.1) is 5.82 Å². The van der Waals surface area contributed by atoms with Crippen molar-refractivity contribution in [3.63, 3.8) is 0 Å². The second-order valence-electron chi connectivity index (χ2n) is 4.11. The minimum absolute atomic E-state index is 0.200. The summed E-state index contributed by atoms with van der Waals surface area (Å²) in [5.41, 5.74) is 6.82. The maximum atomic E-state index is 12.8. The molecule has 2 N–H and O–H groups in total. The van der Waals surface area contributed by atoms with E-state index in [4.69, 9.17) is 5.73 Å². The minimum atomic E-state index is -0.200. The lowest BCUT2D eigenvalue weighted by Crippen LogP contribution is -2.38. The molecule has 1 atom stereocenters. The molecule has 0 aliphatic rings. The number of nitrogens with zero attached hydrogens (tertiary/aromatic N) is 1. The van der Waals surface area contributed by atoms with E-state index in [0.29, 0.717) is 12.6 Å². The first kappa shape index (κ1) is 14.3. The van der Waals surface area contributed by atoms with Gasteiger partial charge in [0.2, 0.25) is 0 Å². The molecule has 4 heteroatoms. The first-order chi connectivity index (χ1) is 8.19. The van der Waals surface area contributed by atoms with Gasteiger partial charge in [-0.3, -0.25) is 0 Å². The van der Waals surface area contributed by atoms with Gasteiger partial charge in [-0.1, -0.05) is 0 Å². The highest BCUT2D eigenvalue weighted by Gasteiger charge is 2.13. The summed E-state index contributed by atoms with van der Waals surface area (Å²) in [5.74, 6) is 0.960. The van der Waals surface area contributed by atoms with Crippen molar-refractivity contribution in [2.75, 3.05) is 30.5 Å². The summed E-state index contributed by atoms with van der Waals surface area (Å²) in [6.07, 6.45) is 4.35. The Morgan fingerprint density at radius 3 is 2.53 bits per heavy atom. The van der Waals surface area contributed by atoms with Crippen molar-refractivity contribution in [2.45, 2.75) is 18.9 Å². The van der Waals surface area contributed by atoms with Gasteiger partial charge < -0.3 is 10.6 Å². The topological polar surface area (TPSA) is 29.3 Å². The van der Waals surface area contributed by atoms with E-state index in [1.54, 1.807) is 12.1 Å². The second-order valence-corrected chi connectivity index (χ2v) is 5.10. The highest BCUT2D eigenvalue weighted by Crippen LogP contribution is 2.18. The van der Waals surface area contributed by atoms with Crippen LogP contribution in [-0.4, -0.2) is 31.6 Å².